The van der Waals surface area contributed by atoms with E-state index in [9.17, 15) is 4.79 Å². The van der Waals surface area contributed by atoms with E-state index in [4.69, 9.17) is 5.73 Å². The zero-order valence-electron chi connectivity index (χ0n) is 11.4. The van der Waals surface area contributed by atoms with Gasteiger partial charge in [0.05, 0.1) is 0 Å². The van der Waals surface area contributed by atoms with Crippen LogP contribution in [-0.2, 0) is 0 Å². The predicted molar refractivity (Wildman–Crippen MR) is 81.4 cm³/mol. The molecule has 1 heterocycles. The van der Waals surface area contributed by atoms with Crippen molar-refractivity contribution < 1.29 is 4.79 Å². The van der Waals surface area contributed by atoms with Crippen molar-refractivity contribution in [2.45, 2.75) is 19.8 Å². The molecule has 0 spiro atoms. The standard InChI is InChI=1S/C15H21BrN2O/c1-11-2-3-13(16)10-14(11)15(19)12-4-7-18(8-5-12)9-6-17/h2-3,10,12H,4-9,17H2,1H3. The fraction of sp³-hybridized carbons (Fsp3) is 0.533. The first kappa shape index (κ1) is 14.7. The molecule has 0 saturated carbocycles. The van der Waals surface area contributed by atoms with Crippen LogP contribution in [0.2, 0.25) is 0 Å². The van der Waals surface area contributed by atoms with E-state index >= 15 is 0 Å². The van der Waals surface area contributed by atoms with Crippen molar-refractivity contribution in [3.8, 4) is 0 Å². The van der Waals surface area contributed by atoms with E-state index in [-0.39, 0.29) is 5.92 Å². The second-order valence-electron chi connectivity index (χ2n) is 5.23. The number of carbonyl (C=O) groups is 1. The van der Waals surface area contributed by atoms with Crippen LogP contribution < -0.4 is 5.73 Å². The minimum Gasteiger partial charge on any atom is -0.329 e. The van der Waals surface area contributed by atoms with Crippen LogP contribution in [0.3, 0.4) is 0 Å². The lowest BCUT2D eigenvalue weighted by Crippen LogP contribution is -2.39. The summed E-state index contributed by atoms with van der Waals surface area (Å²) in [5.74, 6) is 0.466. The van der Waals surface area contributed by atoms with Gasteiger partial charge in [-0.3, -0.25) is 4.79 Å². The number of rotatable bonds is 4. The van der Waals surface area contributed by atoms with Crippen molar-refractivity contribution >= 4 is 21.7 Å². The SMILES string of the molecule is Cc1ccc(Br)cc1C(=O)C1CCN(CCN)CC1. The van der Waals surface area contributed by atoms with Crippen molar-refractivity contribution in [1.29, 1.82) is 0 Å². The third-order valence-electron chi connectivity index (χ3n) is 3.87. The summed E-state index contributed by atoms with van der Waals surface area (Å²) in [6, 6.07) is 5.93. The van der Waals surface area contributed by atoms with Gasteiger partial charge in [-0.25, -0.2) is 0 Å². The molecule has 1 fully saturated rings. The molecule has 0 bridgehead atoms. The molecule has 4 heteroatoms. The van der Waals surface area contributed by atoms with Crippen molar-refractivity contribution in [3.05, 3.63) is 33.8 Å². The van der Waals surface area contributed by atoms with Gasteiger partial charge < -0.3 is 10.6 Å². The van der Waals surface area contributed by atoms with Gasteiger partial charge in [0.2, 0.25) is 0 Å². The van der Waals surface area contributed by atoms with Crippen LogP contribution in [0.15, 0.2) is 22.7 Å². The fourth-order valence-corrected chi connectivity index (χ4v) is 3.04. The van der Waals surface area contributed by atoms with Crippen molar-refractivity contribution in [1.82, 2.24) is 4.90 Å². The highest BCUT2D eigenvalue weighted by Crippen LogP contribution is 2.25. The lowest BCUT2D eigenvalue weighted by Gasteiger charge is -2.31. The van der Waals surface area contributed by atoms with Gasteiger partial charge in [-0.15, -0.1) is 0 Å². The molecule has 1 aliphatic rings. The van der Waals surface area contributed by atoms with Gasteiger partial charge >= 0.3 is 0 Å². The van der Waals surface area contributed by atoms with Crippen LogP contribution in [0, 0.1) is 12.8 Å². The number of piperidine rings is 1. The van der Waals surface area contributed by atoms with Crippen LogP contribution >= 0.6 is 15.9 Å². The fourth-order valence-electron chi connectivity index (χ4n) is 2.68. The van der Waals surface area contributed by atoms with Crippen molar-refractivity contribution in [2.75, 3.05) is 26.2 Å². The molecule has 0 aliphatic carbocycles. The van der Waals surface area contributed by atoms with E-state index in [1.807, 2.05) is 25.1 Å². The molecule has 0 radical (unpaired) electrons. The average molecular weight is 325 g/mol. The van der Waals surface area contributed by atoms with Crippen LogP contribution in [0.4, 0.5) is 0 Å². The van der Waals surface area contributed by atoms with Crippen LogP contribution in [-0.4, -0.2) is 36.9 Å². The number of nitrogens with zero attached hydrogens (tertiary/aromatic N) is 1. The summed E-state index contributed by atoms with van der Waals surface area (Å²) in [4.78, 5) is 14.9. The van der Waals surface area contributed by atoms with Gasteiger partial charge in [-0.05, 0) is 50.6 Å². The van der Waals surface area contributed by atoms with E-state index in [1.54, 1.807) is 0 Å². The smallest absolute Gasteiger partial charge is 0.166 e. The highest BCUT2D eigenvalue weighted by Gasteiger charge is 2.26. The quantitative estimate of drug-likeness (QED) is 0.866. The number of Topliss-reactive ketones (excluding diaryl/α,β-unsaturated/α-hetero) is 1. The molecule has 1 saturated heterocycles. The third-order valence-corrected chi connectivity index (χ3v) is 4.36. The summed E-state index contributed by atoms with van der Waals surface area (Å²) in [7, 11) is 0. The normalized spacial score (nSPS) is 17.6. The maximum Gasteiger partial charge on any atom is 0.166 e. The molecule has 19 heavy (non-hydrogen) atoms. The molecule has 0 amide bonds. The highest BCUT2D eigenvalue weighted by molar-refractivity contribution is 9.10. The number of likely N-dealkylation sites (tertiary alicyclic amines) is 1. The van der Waals surface area contributed by atoms with E-state index in [2.05, 4.69) is 20.8 Å². The van der Waals surface area contributed by atoms with Gasteiger partial charge in [0.25, 0.3) is 0 Å². The molecule has 3 nitrogen and oxygen atoms in total. The Morgan fingerprint density at radius 3 is 2.74 bits per heavy atom. The van der Waals surface area contributed by atoms with Crippen LogP contribution in [0.25, 0.3) is 0 Å². The first-order valence-electron chi connectivity index (χ1n) is 6.84. The Balaban J connectivity index is 2.03. The monoisotopic (exact) mass is 324 g/mol. The first-order valence-corrected chi connectivity index (χ1v) is 7.64. The number of nitrogens with two attached hydrogens (primary N) is 1. The summed E-state index contributed by atoms with van der Waals surface area (Å²) in [6.07, 6.45) is 1.90. The van der Waals surface area contributed by atoms with E-state index in [0.717, 1.165) is 48.1 Å². The number of carbonyl (C=O) groups excluding carboxylic acids is 1. The van der Waals surface area contributed by atoms with Gasteiger partial charge in [0.15, 0.2) is 5.78 Å². The lowest BCUT2D eigenvalue weighted by molar-refractivity contribution is 0.0842. The number of halogens is 1. The molecular formula is C15H21BrN2O. The number of benzene rings is 1. The molecule has 1 aromatic rings. The van der Waals surface area contributed by atoms with Crippen LogP contribution in [0.1, 0.15) is 28.8 Å². The average Bonchev–Trinajstić information content (AvgIpc) is 2.42. The van der Waals surface area contributed by atoms with E-state index in [1.165, 1.54) is 0 Å². The Bertz CT molecular complexity index is 453. The lowest BCUT2D eigenvalue weighted by atomic mass is 9.87. The number of hydrogen-bond acceptors (Lipinski definition) is 3. The molecule has 1 aliphatic heterocycles. The molecule has 0 unspecified atom stereocenters. The van der Waals surface area contributed by atoms with E-state index in [0.29, 0.717) is 12.3 Å². The van der Waals surface area contributed by atoms with E-state index < -0.39 is 0 Å². The second-order valence-corrected chi connectivity index (χ2v) is 6.14. The number of ketones is 1. The van der Waals surface area contributed by atoms with Gasteiger partial charge in [-0.2, -0.15) is 0 Å². The minimum absolute atomic E-state index is 0.169. The molecule has 2 N–H and O–H groups in total. The third kappa shape index (κ3) is 3.65. The summed E-state index contributed by atoms with van der Waals surface area (Å²) in [5, 5.41) is 0. The Kier molecular flexibility index (Phi) is 5.13. The Morgan fingerprint density at radius 2 is 2.11 bits per heavy atom. The molecular weight excluding hydrogens is 304 g/mol. The Morgan fingerprint density at radius 1 is 1.42 bits per heavy atom. The zero-order valence-corrected chi connectivity index (χ0v) is 12.9. The summed E-state index contributed by atoms with van der Waals surface area (Å²) in [6.45, 7) is 5.62. The second kappa shape index (κ2) is 6.64. The maximum atomic E-state index is 12.6. The highest BCUT2D eigenvalue weighted by atomic mass is 79.9. The summed E-state index contributed by atoms with van der Waals surface area (Å²) in [5.41, 5.74) is 7.50. The largest absolute Gasteiger partial charge is 0.329 e. The zero-order chi connectivity index (χ0) is 13.8. The van der Waals surface area contributed by atoms with Crippen molar-refractivity contribution in [3.63, 3.8) is 0 Å². The maximum absolute atomic E-state index is 12.6. The number of hydrogen-bond donors (Lipinski definition) is 1. The predicted octanol–water partition coefficient (Wildman–Crippen LogP) is 2.61. The molecule has 0 aromatic heterocycles. The first-order chi connectivity index (χ1) is 9.11. The van der Waals surface area contributed by atoms with Gasteiger partial charge in [-0.1, -0.05) is 22.0 Å². The minimum atomic E-state index is 0.169. The molecule has 1 aromatic carbocycles. The molecule has 0 atom stereocenters. The summed E-state index contributed by atoms with van der Waals surface area (Å²) >= 11 is 3.44. The summed E-state index contributed by atoms with van der Waals surface area (Å²) < 4.78 is 0.974. The Hall–Kier alpha value is -0.710. The van der Waals surface area contributed by atoms with Crippen molar-refractivity contribution in [2.24, 2.45) is 11.7 Å². The molecule has 104 valence electrons. The van der Waals surface area contributed by atoms with Crippen LogP contribution in [0.5, 0.6) is 0 Å². The Labute approximate surface area is 123 Å². The molecule has 2 rings (SSSR count). The topological polar surface area (TPSA) is 46.3 Å². The number of aryl methyl sites for hydroxylation is 1. The van der Waals surface area contributed by atoms with Gasteiger partial charge in [0.1, 0.15) is 0 Å². The van der Waals surface area contributed by atoms with Gasteiger partial charge in [0, 0.05) is 29.0 Å².